The maximum absolute atomic E-state index is 11.5. The molecule has 0 saturated carbocycles. The van der Waals surface area contributed by atoms with E-state index in [0.29, 0.717) is 36.2 Å². The first-order chi connectivity index (χ1) is 8.70. The Kier molecular flexibility index (Phi) is 7.98. The van der Waals surface area contributed by atoms with Crippen molar-refractivity contribution < 1.29 is 13.6 Å². The van der Waals surface area contributed by atoms with E-state index in [2.05, 4.69) is 10.3 Å². The van der Waals surface area contributed by atoms with E-state index in [9.17, 15) is 4.79 Å². The van der Waals surface area contributed by atoms with Crippen LogP contribution in [0.1, 0.15) is 11.5 Å². The number of furan rings is 1. The van der Waals surface area contributed by atoms with Gasteiger partial charge in [0.15, 0.2) is 5.76 Å². The van der Waals surface area contributed by atoms with Crippen molar-refractivity contribution >= 4 is 30.7 Å². The Morgan fingerprint density at radius 1 is 1.45 bits per heavy atom. The van der Waals surface area contributed by atoms with E-state index in [1.54, 1.807) is 25.3 Å². The van der Waals surface area contributed by atoms with Crippen LogP contribution < -0.4 is 11.1 Å². The summed E-state index contributed by atoms with van der Waals surface area (Å²) in [6, 6.07) is 3.51. The van der Waals surface area contributed by atoms with Gasteiger partial charge in [-0.05, 0) is 19.1 Å². The summed E-state index contributed by atoms with van der Waals surface area (Å²) in [5.74, 6) is 1.43. The van der Waals surface area contributed by atoms with Crippen molar-refractivity contribution in [3.8, 4) is 11.7 Å². The maximum atomic E-state index is 11.5. The lowest BCUT2D eigenvalue weighted by molar-refractivity contribution is -0.120. The first kappa shape index (κ1) is 18.5. The van der Waals surface area contributed by atoms with Gasteiger partial charge in [-0.2, -0.15) is 0 Å². The summed E-state index contributed by atoms with van der Waals surface area (Å²) in [6.45, 7) is 2.65. The van der Waals surface area contributed by atoms with Crippen LogP contribution >= 0.6 is 24.8 Å². The summed E-state index contributed by atoms with van der Waals surface area (Å²) < 4.78 is 10.6. The fraction of sp³-hybridized carbons (Fsp3) is 0.333. The molecule has 0 radical (unpaired) electrons. The number of amides is 1. The summed E-state index contributed by atoms with van der Waals surface area (Å²) in [7, 11) is 0. The molecule has 0 fully saturated rings. The van der Waals surface area contributed by atoms with Crippen LogP contribution in [0.3, 0.4) is 0 Å². The number of aromatic nitrogens is 1. The molecule has 112 valence electrons. The Labute approximate surface area is 128 Å². The quantitative estimate of drug-likeness (QED) is 0.874. The lowest BCUT2D eigenvalue weighted by Gasteiger charge is -2.00. The lowest BCUT2D eigenvalue weighted by atomic mass is 10.2. The minimum atomic E-state index is -0.122. The molecular weight excluding hydrogens is 305 g/mol. The minimum Gasteiger partial charge on any atom is -0.459 e. The van der Waals surface area contributed by atoms with Crippen LogP contribution in [0.25, 0.3) is 11.7 Å². The molecule has 0 saturated heterocycles. The fourth-order valence-electron chi connectivity index (χ4n) is 1.52. The van der Waals surface area contributed by atoms with Crippen molar-refractivity contribution in [3.05, 3.63) is 29.9 Å². The van der Waals surface area contributed by atoms with E-state index < -0.39 is 0 Å². The van der Waals surface area contributed by atoms with Gasteiger partial charge in [0.05, 0.1) is 18.4 Å². The topological polar surface area (TPSA) is 94.3 Å². The number of nitrogens with two attached hydrogens (primary N) is 1. The highest BCUT2D eigenvalue weighted by Gasteiger charge is 2.15. The SMILES string of the molecule is Cc1oc(-c2ccco2)nc1CC(=O)NCCN.Cl.Cl. The number of nitrogens with zero attached hydrogens (tertiary/aromatic N) is 1. The van der Waals surface area contributed by atoms with E-state index in [1.165, 1.54) is 0 Å². The average Bonchev–Trinajstić information content (AvgIpc) is 2.97. The average molecular weight is 322 g/mol. The number of oxazole rings is 1. The number of nitrogens with one attached hydrogen (secondary N) is 1. The highest BCUT2D eigenvalue weighted by atomic mass is 35.5. The lowest BCUT2D eigenvalue weighted by Crippen LogP contribution is -2.30. The summed E-state index contributed by atoms with van der Waals surface area (Å²) in [5.41, 5.74) is 5.91. The van der Waals surface area contributed by atoms with Gasteiger partial charge in [0.2, 0.25) is 5.91 Å². The van der Waals surface area contributed by atoms with Gasteiger partial charge < -0.3 is 19.9 Å². The molecule has 0 spiro atoms. The molecule has 1 amide bonds. The Morgan fingerprint density at radius 2 is 2.20 bits per heavy atom. The number of carbonyl (C=O) groups is 1. The predicted octanol–water partition coefficient (Wildman–Crippen LogP) is 1.70. The standard InChI is InChI=1S/C12H15N3O3.2ClH/c1-8-9(7-11(16)14-5-4-13)15-12(18-8)10-3-2-6-17-10;;/h2-3,6H,4-5,7,13H2,1H3,(H,14,16);2*1H. The number of halogens is 2. The molecule has 2 rings (SSSR count). The molecule has 2 heterocycles. The van der Waals surface area contributed by atoms with Crippen molar-refractivity contribution in [1.29, 1.82) is 0 Å². The number of hydrogen-bond acceptors (Lipinski definition) is 5. The monoisotopic (exact) mass is 321 g/mol. The number of hydrogen-bond donors (Lipinski definition) is 2. The molecule has 0 aliphatic rings. The second kappa shape index (κ2) is 8.63. The first-order valence-electron chi connectivity index (χ1n) is 5.67. The van der Waals surface area contributed by atoms with Crippen LogP contribution in [0.2, 0.25) is 0 Å². The molecule has 0 aromatic carbocycles. The molecular formula is C12H17Cl2N3O3. The van der Waals surface area contributed by atoms with Crippen LogP contribution in [0.15, 0.2) is 27.2 Å². The van der Waals surface area contributed by atoms with E-state index in [0.717, 1.165) is 0 Å². The first-order valence-corrected chi connectivity index (χ1v) is 5.67. The Hall–Kier alpha value is -1.50. The third-order valence-corrected chi connectivity index (χ3v) is 2.42. The van der Waals surface area contributed by atoms with Crippen LogP contribution in [-0.4, -0.2) is 24.0 Å². The second-order valence-corrected chi connectivity index (χ2v) is 3.81. The number of aryl methyl sites for hydroxylation is 1. The molecule has 2 aromatic heterocycles. The van der Waals surface area contributed by atoms with E-state index in [1.807, 2.05) is 0 Å². The molecule has 0 aliphatic carbocycles. The zero-order valence-electron chi connectivity index (χ0n) is 10.9. The van der Waals surface area contributed by atoms with Crippen molar-refractivity contribution in [3.63, 3.8) is 0 Å². The second-order valence-electron chi connectivity index (χ2n) is 3.81. The zero-order valence-corrected chi connectivity index (χ0v) is 12.6. The molecule has 0 atom stereocenters. The Balaban J connectivity index is 0.00000180. The molecule has 0 aliphatic heterocycles. The summed E-state index contributed by atoms with van der Waals surface area (Å²) in [6.07, 6.45) is 1.72. The van der Waals surface area contributed by atoms with Crippen LogP contribution in [-0.2, 0) is 11.2 Å². The van der Waals surface area contributed by atoms with Crippen LogP contribution in [0.5, 0.6) is 0 Å². The van der Waals surface area contributed by atoms with Gasteiger partial charge in [-0.15, -0.1) is 24.8 Å². The number of rotatable bonds is 5. The van der Waals surface area contributed by atoms with Gasteiger partial charge >= 0.3 is 0 Å². The highest BCUT2D eigenvalue weighted by Crippen LogP contribution is 2.22. The summed E-state index contributed by atoms with van der Waals surface area (Å²) in [5, 5.41) is 2.68. The molecule has 0 unspecified atom stereocenters. The Bertz CT molecular complexity index is 526. The van der Waals surface area contributed by atoms with Crippen molar-refractivity contribution in [2.45, 2.75) is 13.3 Å². The fourth-order valence-corrected chi connectivity index (χ4v) is 1.52. The third-order valence-electron chi connectivity index (χ3n) is 2.42. The normalized spacial score (nSPS) is 9.50. The zero-order chi connectivity index (χ0) is 13.0. The van der Waals surface area contributed by atoms with Gasteiger partial charge in [0.1, 0.15) is 5.76 Å². The maximum Gasteiger partial charge on any atom is 0.263 e. The Morgan fingerprint density at radius 3 is 2.80 bits per heavy atom. The molecule has 3 N–H and O–H groups in total. The van der Waals surface area contributed by atoms with Crippen molar-refractivity contribution in [2.24, 2.45) is 5.73 Å². The summed E-state index contributed by atoms with van der Waals surface area (Å²) in [4.78, 5) is 15.8. The third kappa shape index (κ3) is 4.56. The number of carbonyl (C=O) groups excluding carboxylic acids is 1. The van der Waals surface area contributed by atoms with Crippen molar-refractivity contribution in [1.82, 2.24) is 10.3 Å². The van der Waals surface area contributed by atoms with Gasteiger partial charge in [-0.25, -0.2) is 4.98 Å². The van der Waals surface area contributed by atoms with Crippen molar-refractivity contribution in [2.75, 3.05) is 13.1 Å². The predicted molar refractivity (Wildman–Crippen MR) is 79.2 cm³/mol. The van der Waals surface area contributed by atoms with E-state index >= 15 is 0 Å². The molecule has 0 bridgehead atoms. The molecule has 6 nitrogen and oxygen atoms in total. The summed E-state index contributed by atoms with van der Waals surface area (Å²) >= 11 is 0. The van der Waals surface area contributed by atoms with Gasteiger partial charge in [-0.1, -0.05) is 0 Å². The van der Waals surface area contributed by atoms with Gasteiger partial charge in [0, 0.05) is 13.1 Å². The minimum absolute atomic E-state index is 0. The van der Waals surface area contributed by atoms with E-state index in [4.69, 9.17) is 14.6 Å². The van der Waals surface area contributed by atoms with Crippen LogP contribution in [0.4, 0.5) is 0 Å². The largest absolute Gasteiger partial charge is 0.459 e. The molecule has 20 heavy (non-hydrogen) atoms. The van der Waals surface area contributed by atoms with E-state index in [-0.39, 0.29) is 37.1 Å². The molecule has 2 aromatic rings. The smallest absolute Gasteiger partial charge is 0.263 e. The van der Waals surface area contributed by atoms with Gasteiger partial charge in [-0.3, -0.25) is 4.79 Å². The highest BCUT2D eigenvalue weighted by molar-refractivity contribution is 5.85. The van der Waals surface area contributed by atoms with Gasteiger partial charge in [0.25, 0.3) is 5.89 Å². The van der Waals surface area contributed by atoms with Crippen LogP contribution in [0, 0.1) is 6.92 Å². The molecule has 8 heteroatoms.